The number of rotatable bonds is 3. The highest BCUT2D eigenvalue weighted by molar-refractivity contribution is 7.89. The van der Waals surface area contributed by atoms with Crippen molar-refractivity contribution in [3.05, 3.63) is 29.8 Å². The fraction of sp³-hybridized carbons (Fsp3) is 0.500. The maximum absolute atomic E-state index is 12.6. The quantitative estimate of drug-likeness (QED) is 0.820. The van der Waals surface area contributed by atoms with Crippen LogP contribution < -0.4 is 5.32 Å². The van der Waals surface area contributed by atoms with Gasteiger partial charge in [0.2, 0.25) is 15.9 Å². The highest BCUT2D eigenvalue weighted by Crippen LogP contribution is 2.28. The van der Waals surface area contributed by atoms with E-state index in [0.29, 0.717) is 0 Å². The first kappa shape index (κ1) is 16.9. The zero-order chi connectivity index (χ0) is 17.7. The first-order chi connectivity index (χ1) is 11.1. The Bertz CT molecular complexity index is 759. The van der Waals surface area contributed by atoms with Gasteiger partial charge in [0.05, 0.1) is 17.5 Å². The molecule has 2 fully saturated rings. The third kappa shape index (κ3) is 2.80. The van der Waals surface area contributed by atoms with Gasteiger partial charge < -0.3 is 5.32 Å². The third-order valence-electron chi connectivity index (χ3n) is 4.43. The zero-order valence-corrected chi connectivity index (χ0v) is 14.8. The summed E-state index contributed by atoms with van der Waals surface area (Å²) in [6.45, 7) is 6.46. The Kier molecular flexibility index (Phi) is 3.92. The van der Waals surface area contributed by atoms with Crippen LogP contribution in [0.5, 0.6) is 0 Å². The first-order valence-corrected chi connectivity index (χ1v) is 9.25. The van der Waals surface area contributed by atoms with Gasteiger partial charge in [-0.25, -0.2) is 13.2 Å². The summed E-state index contributed by atoms with van der Waals surface area (Å²) in [5.74, 6) is -0.309. The van der Waals surface area contributed by atoms with E-state index in [1.165, 1.54) is 4.31 Å². The Hall–Kier alpha value is -1.93. The van der Waals surface area contributed by atoms with E-state index in [2.05, 4.69) is 26.1 Å². The number of nitrogens with one attached hydrogen (secondary N) is 1. The highest BCUT2D eigenvalue weighted by Gasteiger charge is 2.45. The van der Waals surface area contributed by atoms with Gasteiger partial charge in [-0.1, -0.05) is 32.9 Å². The molecule has 2 aliphatic rings. The van der Waals surface area contributed by atoms with Crippen molar-refractivity contribution in [3.63, 3.8) is 0 Å². The lowest BCUT2D eigenvalue weighted by Crippen LogP contribution is -2.62. The van der Waals surface area contributed by atoms with Crippen molar-refractivity contribution in [2.24, 2.45) is 0 Å². The van der Waals surface area contributed by atoms with Crippen LogP contribution in [0.4, 0.5) is 4.79 Å². The van der Waals surface area contributed by atoms with Crippen molar-refractivity contribution in [1.82, 2.24) is 14.5 Å². The molecular weight excluding hydrogens is 330 g/mol. The molecule has 1 aromatic rings. The van der Waals surface area contributed by atoms with Gasteiger partial charge in [0.1, 0.15) is 0 Å². The van der Waals surface area contributed by atoms with Crippen molar-refractivity contribution >= 4 is 22.0 Å². The molecule has 2 heterocycles. The number of amides is 3. The monoisotopic (exact) mass is 351 g/mol. The average Bonchev–Trinajstić information content (AvgIpc) is 2.77. The van der Waals surface area contributed by atoms with Gasteiger partial charge in [-0.15, -0.1) is 0 Å². The van der Waals surface area contributed by atoms with E-state index in [4.69, 9.17) is 0 Å². The third-order valence-corrected chi connectivity index (χ3v) is 6.28. The van der Waals surface area contributed by atoms with Crippen molar-refractivity contribution in [2.45, 2.75) is 37.1 Å². The minimum atomic E-state index is -3.60. The van der Waals surface area contributed by atoms with Crippen LogP contribution in [0, 0.1) is 0 Å². The number of carbonyl (C=O) groups is 2. The summed E-state index contributed by atoms with van der Waals surface area (Å²) in [7, 11) is -3.60. The van der Waals surface area contributed by atoms with Gasteiger partial charge in [0.15, 0.2) is 0 Å². The van der Waals surface area contributed by atoms with E-state index in [-0.39, 0.29) is 41.9 Å². The van der Waals surface area contributed by atoms with E-state index in [1.807, 2.05) is 12.1 Å². The Morgan fingerprint density at radius 3 is 2.12 bits per heavy atom. The number of nitrogens with zero attached hydrogens (tertiary/aromatic N) is 2. The summed E-state index contributed by atoms with van der Waals surface area (Å²) < 4.78 is 26.5. The molecule has 0 saturated carbocycles. The van der Waals surface area contributed by atoms with Crippen molar-refractivity contribution < 1.29 is 18.0 Å². The smallest absolute Gasteiger partial charge is 0.324 e. The molecule has 7 nitrogen and oxygen atoms in total. The van der Waals surface area contributed by atoms with E-state index >= 15 is 0 Å². The summed E-state index contributed by atoms with van der Waals surface area (Å²) in [5.41, 5.74) is 1.01. The summed E-state index contributed by atoms with van der Waals surface area (Å²) >= 11 is 0. The molecule has 8 heteroatoms. The number of benzene rings is 1. The fourth-order valence-electron chi connectivity index (χ4n) is 2.86. The predicted octanol–water partition coefficient (Wildman–Crippen LogP) is 0.909. The van der Waals surface area contributed by atoms with Gasteiger partial charge in [-0.05, 0) is 23.1 Å². The van der Waals surface area contributed by atoms with Gasteiger partial charge in [0.25, 0.3) is 0 Å². The van der Waals surface area contributed by atoms with Gasteiger partial charge in [-0.3, -0.25) is 9.69 Å². The van der Waals surface area contributed by atoms with Crippen LogP contribution in [-0.2, 0) is 20.2 Å². The van der Waals surface area contributed by atoms with Crippen LogP contribution >= 0.6 is 0 Å². The normalized spacial score (nSPS) is 20.2. The second-order valence-corrected chi connectivity index (χ2v) is 9.11. The lowest BCUT2D eigenvalue weighted by Gasteiger charge is -2.41. The van der Waals surface area contributed by atoms with E-state index in [9.17, 15) is 18.0 Å². The van der Waals surface area contributed by atoms with Crippen LogP contribution in [0.15, 0.2) is 29.2 Å². The molecule has 0 bridgehead atoms. The first-order valence-electron chi connectivity index (χ1n) is 7.81. The molecule has 3 amide bonds. The molecule has 2 saturated heterocycles. The van der Waals surface area contributed by atoms with E-state index < -0.39 is 16.1 Å². The largest absolute Gasteiger partial charge is 0.329 e. The molecule has 0 spiro atoms. The van der Waals surface area contributed by atoms with Crippen LogP contribution in [0.3, 0.4) is 0 Å². The maximum Gasteiger partial charge on any atom is 0.324 e. The Morgan fingerprint density at radius 2 is 1.67 bits per heavy atom. The predicted molar refractivity (Wildman–Crippen MR) is 87.9 cm³/mol. The fourth-order valence-corrected chi connectivity index (χ4v) is 4.37. The van der Waals surface area contributed by atoms with Gasteiger partial charge in [0, 0.05) is 13.1 Å². The van der Waals surface area contributed by atoms with E-state index in [0.717, 1.165) is 10.5 Å². The number of carbonyl (C=O) groups excluding carboxylic acids is 2. The average molecular weight is 351 g/mol. The van der Waals surface area contributed by atoms with Gasteiger partial charge >= 0.3 is 6.03 Å². The molecular formula is C16H21N3O4S. The van der Waals surface area contributed by atoms with Gasteiger partial charge in [-0.2, -0.15) is 4.31 Å². The number of sulfonamides is 1. The second-order valence-electron chi connectivity index (χ2n) is 7.17. The van der Waals surface area contributed by atoms with Crippen LogP contribution in [-0.4, -0.2) is 55.2 Å². The highest BCUT2D eigenvalue weighted by atomic mass is 32.2. The Labute approximate surface area is 141 Å². The summed E-state index contributed by atoms with van der Waals surface area (Å²) in [4.78, 5) is 24.6. The molecule has 24 heavy (non-hydrogen) atoms. The zero-order valence-electron chi connectivity index (χ0n) is 13.9. The Morgan fingerprint density at radius 1 is 1.08 bits per heavy atom. The second kappa shape index (κ2) is 5.56. The van der Waals surface area contributed by atoms with Crippen molar-refractivity contribution in [2.75, 3.05) is 19.6 Å². The molecule has 0 aromatic heterocycles. The SMILES string of the molecule is CC(C)(C)c1ccc(S(=O)(=O)N2CC(N3C(=O)CNC3=O)C2)cc1. The van der Waals surface area contributed by atoms with Crippen LogP contribution in [0.1, 0.15) is 26.3 Å². The molecule has 130 valence electrons. The Balaban J connectivity index is 1.72. The lowest BCUT2D eigenvalue weighted by molar-refractivity contribution is -0.128. The minimum absolute atomic E-state index is 0.0175. The van der Waals surface area contributed by atoms with Crippen LogP contribution in [0.2, 0.25) is 0 Å². The lowest BCUT2D eigenvalue weighted by atomic mass is 9.87. The number of hydrogen-bond acceptors (Lipinski definition) is 4. The van der Waals surface area contributed by atoms with Crippen molar-refractivity contribution in [1.29, 1.82) is 0 Å². The maximum atomic E-state index is 12.6. The van der Waals surface area contributed by atoms with Crippen LogP contribution in [0.25, 0.3) is 0 Å². The molecule has 0 unspecified atom stereocenters. The molecule has 0 aliphatic carbocycles. The summed E-state index contributed by atoms with van der Waals surface area (Å²) in [5, 5.41) is 2.44. The topological polar surface area (TPSA) is 86.8 Å². The van der Waals surface area contributed by atoms with Crippen molar-refractivity contribution in [3.8, 4) is 0 Å². The number of hydrogen-bond donors (Lipinski definition) is 1. The minimum Gasteiger partial charge on any atom is -0.329 e. The molecule has 2 aliphatic heterocycles. The molecule has 3 rings (SSSR count). The molecule has 1 aromatic carbocycles. The number of imide groups is 1. The summed E-state index contributed by atoms with van der Waals surface area (Å²) in [6, 6.07) is 6.03. The molecule has 0 radical (unpaired) electrons. The molecule has 1 N–H and O–H groups in total. The van der Waals surface area contributed by atoms with E-state index in [1.54, 1.807) is 12.1 Å². The standard InChI is InChI=1S/C16H21N3O4S/c1-16(2,3)11-4-6-13(7-5-11)24(22,23)18-9-12(10-18)19-14(20)8-17-15(19)21/h4-7,12H,8-10H2,1-3H3,(H,17,21). The number of urea groups is 1. The molecule has 0 atom stereocenters. The summed E-state index contributed by atoms with van der Waals surface area (Å²) in [6.07, 6.45) is 0.